The molecule has 1 atom stereocenters. The van der Waals surface area contributed by atoms with Gasteiger partial charge in [0.05, 0.1) is 11.6 Å². The third kappa shape index (κ3) is 13.6. The van der Waals surface area contributed by atoms with Crippen molar-refractivity contribution in [1.82, 2.24) is 20.9 Å². The molecule has 238 valence electrons. The SMILES string of the molecule is C1CCNCC1.CNc1ccc(CNC(=O)C2CCCN2)cc1C=N.Cc1ccccc1C(F)(F)F.O=CN1CCCC1. The molecule has 5 rings (SSSR count). The Hall–Kier alpha value is -3.44. The average Bonchev–Trinajstić information content (AvgIpc) is 3.77. The minimum Gasteiger partial charge on any atom is -0.388 e. The highest BCUT2D eigenvalue weighted by atomic mass is 19.4. The predicted molar refractivity (Wildman–Crippen MR) is 167 cm³/mol. The van der Waals surface area contributed by atoms with E-state index < -0.39 is 11.7 Å². The number of rotatable bonds is 6. The number of likely N-dealkylation sites (tertiary alicyclic amines) is 1. The van der Waals surface area contributed by atoms with Crippen LogP contribution in [0, 0.1) is 12.3 Å². The number of hydrogen-bond donors (Lipinski definition) is 5. The summed E-state index contributed by atoms with van der Waals surface area (Å²) >= 11 is 0. The van der Waals surface area contributed by atoms with Crippen molar-refractivity contribution in [2.75, 3.05) is 45.1 Å². The van der Waals surface area contributed by atoms with Gasteiger partial charge in [0.15, 0.2) is 0 Å². The number of anilines is 1. The zero-order valence-electron chi connectivity index (χ0n) is 25.4. The van der Waals surface area contributed by atoms with E-state index in [1.807, 2.05) is 25.2 Å². The van der Waals surface area contributed by atoms with Crippen molar-refractivity contribution in [3.63, 3.8) is 0 Å². The number of piperidine rings is 1. The largest absolute Gasteiger partial charge is 0.416 e. The number of alkyl halides is 3. The first-order chi connectivity index (χ1) is 20.7. The zero-order valence-corrected chi connectivity index (χ0v) is 25.4. The fraction of sp³-hybridized carbons (Fsp3) is 0.531. The van der Waals surface area contributed by atoms with Gasteiger partial charge >= 0.3 is 6.18 Å². The maximum absolute atomic E-state index is 12.0. The fourth-order valence-corrected chi connectivity index (χ4v) is 4.83. The van der Waals surface area contributed by atoms with Gasteiger partial charge in [-0.15, -0.1) is 0 Å². The van der Waals surface area contributed by atoms with Crippen molar-refractivity contribution in [3.8, 4) is 0 Å². The molecule has 3 aliphatic heterocycles. The van der Waals surface area contributed by atoms with E-state index in [0.29, 0.717) is 6.54 Å². The highest BCUT2D eigenvalue weighted by molar-refractivity contribution is 5.86. The summed E-state index contributed by atoms with van der Waals surface area (Å²) in [7, 11) is 1.83. The van der Waals surface area contributed by atoms with Crippen LogP contribution in [0.5, 0.6) is 0 Å². The molecule has 0 saturated carbocycles. The second-order valence-electron chi connectivity index (χ2n) is 10.7. The molecular weight excluding hydrogens is 557 g/mol. The van der Waals surface area contributed by atoms with Crippen LogP contribution in [0.3, 0.4) is 0 Å². The molecule has 3 saturated heterocycles. The van der Waals surface area contributed by atoms with E-state index in [-0.39, 0.29) is 17.5 Å². The molecule has 0 radical (unpaired) electrons. The van der Waals surface area contributed by atoms with Crippen molar-refractivity contribution in [2.24, 2.45) is 0 Å². The van der Waals surface area contributed by atoms with Gasteiger partial charge in [-0.3, -0.25) is 9.59 Å². The lowest BCUT2D eigenvalue weighted by Crippen LogP contribution is -2.40. The summed E-state index contributed by atoms with van der Waals surface area (Å²) in [5.74, 6) is 0.0617. The van der Waals surface area contributed by atoms with E-state index in [0.717, 1.165) is 61.8 Å². The molecule has 2 amide bonds. The molecule has 3 heterocycles. The van der Waals surface area contributed by atoms with Crippen LogP contribution in [0.1, 0.15) is 67.2 Å². The molecule has 2 aromatic rings. The van der Waals surface area contributed by atoms with Crippen molar-refractivity contribution in [3.05, 3.63) is 64.7 Å². The number of amides is 2. The van der Waals surface area contributed by atoms with Crippen LogP contribution < -0.4 is 21.3 Å². The molecule has 2 aromatic carbocycles. The van der Waals surface area contributed by atoms with E-state index in [9.17, 15) is 22.8 Å². The van der Waals surface area contributed by atoms with Crippen LogP contribution in [-0.2, 0) is 22.3 Å². The van der Waals surface area contributed by atoms with Crippen molar-refractivity contribution >= 4 is 24.2 Å². The second-order valence-corrected chi connectivity index (χ2v) is 10.7. The molecule has 3 fully saturated rings. The zero-order chi connectivity index (χ0) is 31.5. The molecule has 0 bridgehead atoms. The Morgan fingerprint density at radius 1 is 1.02 bits per heavy atom. The molecule has 11 heteroatoms. The van der Waals surface area contributed by atoms with Gasteiger partial charge in [-0.25, -0.2) is 0 Å². The molecule has 0 aromatic heterocycles. The van der Waals surface area contributed by atoms with Gasteiger partial charge in [0.25, 0.3) is 0 Å². The van der Waals surface area contributed by atoms with Crippen molar-refractivity contribution in [1.29, 1.82) is 5.41 Å². The third-order valence-electron chi connectivity index (χ3n) is 7.33. The van der Waals surface area contributed by atoms with Crippen LogP contribution in [0.25, 0.3) is 0 Å². The minimum absolute atomic E-state index is 0.0428. The lowest BCUT2D eigenvalue weighted by molar-refractivity contribution is -0.138. The maximum atomic E-state index is 12.0. The molecule has 5 N–H and O–H groups in total. The lowest BCUT2D eigenvalue weighted by Gasteiger charge is -2.12. The highest BCUT2D eigenvalue weighted by Gasteiger charge is 2.31. The molecule has 0 spiro atoms. The van der Waals surface area contributed by atoms with Gasteiger partial charge < -0.3 is 31.6 Å². The second kappa shape index (κ2) is 19.7. The number of carbonyl (C=O) groups is 2. The topological polar surface area (TPSA) is 109 Å². The summed E-state index contributed by atoms with van der Waals surface area (Å²) in [6.45, 7) is 7.32. The van der Waals surface area contributed by atoms with Crippen molar-refractivity contribution in [2.45, 2.75) is 70.6 Å². The Labute approximate surface area is 253 Å². The van der Waals surface area contributed by atoms with Crippen LogP contribution >= 0.6 is 0 Å². The minimum atomic E-state index is -4.22. The van der Waals surface area contributed by atoms with E-state index >= 15 is 0 Å². The van der Waals surface area contributed by atoms with Gasteiger partial charge in [0, 0.05) is 44.1 Å². The Morgan fingerprint density at radius 2 is 1.72 bits per heavy atom. The summed E-state index contributed by atoms with van der Waals surface area (Å²) in [4.78, 5) is 23.6. The highest BCUT2D eigenvalue weighted by Crippen LogP contribution is 2.31. The van der Waals surface area contributed by atoms with E-state index in [1.54, 1.807) is 11.0 Å². The number of halogens is 3. The Kier molecular flexibility index (Phi) is 16.4. The molecule has 0 aliphatic carbocycles. The average molecular weight is 605 g/mol. The normalized spacial score (nSPS) is 17.6. The van der Waals surface area contributed by atoms with Gasteiger partial charge in [-0.1, -0.05) is 30.7 Å². The van der Waals surface area contributed by atoms with Gasteiger partial charge in [0.1, 0.15) is 0 Å². The quantitative estimate of drug-likeness (QED) is 0.233. The standard InChI is InChI=1S/C14H20N4O.C8H7F3.C5H9NO.C5H11N/c1-16-12-5-4-10(7-11(12)8-15)9-18-14(19)13-3-2-6-17-13;1-6-4-2-3-5-7(6)8(9,10)11;7-5-6-3-1-2-4-6;1-2-4-6-5-3-1/h4-5,7-8,13,15-17H,2-3,6,9H2,1H3,(H,18,19);2-5H,1H3;5H,1-4H2;6H,1-5H2. The molecular formula is C32H47F3N6O2. The molecule has 1 unspecified atom stereocenters. The fourth-order valence-electron chi connectivity index (χ4n) is 4.83. The number of nitrogens with zero attached hydrogens (tertiary/aromatic N) is 1. The Morgan fingerprint density at radius 3 is 2.16 bits per heavy atom. The number of benzene rings is 2. The van der Waals surface area contributed by atoms with E-state index in [4.69, 9.17) is 5.41 Å². The molecule has 8 nitrogen and oxygen atoms in total. The van der Waals surface area contributed by atoms with Crippen LogP contribution in [0.15, 0.2) is 42.5 Å². The number of carbonyl (C=O) groups excluding carboxylic acids is 2. The smallest absolute Gasteiger partial charge is 0.388 e. The van der Waals surface area contributed by atoms with Gasteiger partial charge in [-0.05, 0) is 94.4 Å². The summed E-state index contributed by atoms with van der Waals surface area (Å²) in [6.07, 6.45) is 6.60. The van der Waals surface area contributed by atoms with Gasteiger partial charge in [-0.2, -0.15) is 13.2 Å². The summed E-state index contributed by atoms with van der Waals surface area (Å²) in [5.41, 5.74) is 2.46. The number of nitrogens with one attached hydrogen (secondary N) is 5. The first-order valence-electron chi connectivity index (χ1n) is 15.0. The van der Waals surface area contributed by atoms with Crippen LogP contribution in [0.4, 0.5) is 18.9 Å². The first-order valence-corrected chi connectivity index (χ1v) is 15.0. The maximum Gasteiger partial charge on any atom is 0.416 e. The monoisotopic (exact) mass is 604 g/mol. The summed E-state index contributed by atoms with van der Waals surface area (Å²) < 4.78 is 36.1. The number of aryl methyl sites for hydroxylation is 1. The molecule has 43 heavy (non-hydrogen) atoms. The van der Waals surface area contributed by atoms with Crippen LogP contribution in [0.2, 0.25) is 0 Å². The summed E-state index contributed by atoms with van der Waals surface area (Å²) in [5, 5.41) is 19.8. The Bertz CT molecular complexity index is 1100. The molecule has 3 aliphatic rings. The lowest BCUT2D eigenvalue weighted by atomic mass is 10.1. The first kappa shape index (κ1) is 35.8. The van der Waals surface area contributed by atoms with Crippen LogP contribution in [-0.4, -0.2) is 69.2 Å². The Balaban J connectivity index is 0.000000225. The number of hydrogen-bond acceptors (Lipinski definition) is 6. The van der Waals surface area contributed by atoms with Crippen molar-refractivity contribution < 1.29 is 22.8 Å². The van der Waals surface area contributed by atoms with E-state index in [1.165, 1.54) is 70.5 Å². The third-order valence-corrected chi connectivity index (χ3v) is 7.33. The predicted octanol–water partition coefficient (Wildman–Crippen LogP) is 5.11. The van der Waals surface area contributed by atoms with E-state index in [2.05, 4.69) is 21.3 Å². The van der Waals surface area contributed by atoms with Gasteiger partial charge in [0.2, 0.25) is 12.3 Å². The summed E-state index contributed by atoms with van der Waals surface area (Å²) in [6, 6.07) is 11.3.